The molecule has 38 heavy (non-hydrogen) atoms. The Morgan fingerprint density at radius 2 is 1.84 bits per heavy atom. The number of hydrogen-bond donors (Lipinski definition) is 0. The van der Waals surface area contributed by atoms with Crippen molar-refractivity contribution in [2.24, 2.45) is 5.92 Å². The van der Waals surface area contributed by atoms with Gasteiger partial charge in [-0.2, -0.15) is 0 Å². The topological polar surface area (TPSA) is 78.9 Å². The highest BCUT2D eigenvalue weighted by Gasteiger charge is 2.31. The smallest absolute Gasteiger partial charge is 0.257 e. The number of carbonyl (C=O) groups is 2. The molecule has 2 aromatic carbocycles. The molecule has 2 amide bonds. The summed E-state index contributed by atoms with van der Waals surface area (Å²) in [6.45, 7) is 2.91. The van der Waals surface area contributed by atoms with Crippen LogP contribution < -0.4 is 9.64 Å². The Morgan fingerprint density at radius 1 is 1.00 bits per heavy atom. The fraction of sp³-hybridized carbons (Fsp3) is 0.379. The minimum atomic E-state index is -0.560. The monoisotopic (exact) mass is 517 g/mol. The summed E-state index contributed by atoms with van der Waals surface area (Å²) in [7, 11) is 1.63. The van der Waals surface area contributed by atoms with Gasteiger partial charge in [-0.25, -0.2) is 4.39 Å². The van der Waals surface area contributed by atoms with Crippen LogP contribution in [0.4, 0.5) is 10.2 Å². The van der Waals surface area contributed by atoms with Crippen molar-refractivity contribution in [1.82, 2.24) is 20.0 Å². The van der Waals surface area contributed by atoms with Crippen LogP contribution in [-0.4, -0.2) is 78.2 Å². The molecule has 1 aliphatic carbocycles. The molecule has 2 aliphatic rings. The number of hydrogen-bond acceptors (Lipinski definition) is 6. The van der Waals surface area contributed by atoms with E-state index >= 15 is 0 Å². The molecule has 0 atom stereocenters. The van der Waals surface area contributed by atoms with Crippen molar-refractivity contribution in [3.8, 4) is 17.0 Å². The van der Waals surface area contributed by atoms with Crippen LogP contribution >= 0.6 is 0 Å². The third kappa shape index (κ3) is 6.10. The Kier molecular flexibility index (Phi) is 7.81. The second-order valence-corrected chi connectivity index (χ2v) is 9.84. The highest BCUT2D eigenvalue weighted by Crippen LogP contribution is 2.30. The molecule has 0 unspecified atom stereocenters. The first-order valence-corrected chi connectivity index (χ1v) is 13.1. The zero-order valence-electron chi connectivity index (χ0n) is 21.6. The Bertz CT molecular complexity index is 1280. The van der Waals surface area contributed by atoms with Gasteiger partial charge in [0.25, 0.3) is 5.91 Å². The molecule has 0 bridgehead atoms. The van der Waals surface area contributed by atoms with Gasteiger partial charge in [0, 0.05) is 38.3 Å². The van der Waals surface area contributed by atoms with Gasteiger partial charge >= 0.3 is 0 Å². The van der Waals surface area contributed by atoms with Crippen molar-refractivity contribution in [2.75, 3.05) is 51.3 Å². The van der Waals surface area contributed by atoms with E-state index in [1.54, 1.807) is 24.1 Å². The maximum absolute atomic E-state index is 14.3. The van der Waals surface area contributed by atoms with E-state index in [0.29, 0.717) is 32.1 Å². The molecule has 1 saturated carbocycles. The molecule has 1 saturated heterocycles. The number of rotatable bonds is 8. The lowest BCUT2D eigenvalue weighted by Crippen LogP contribution is -2.45. The van der Waals surface area contributed by atoms with Crippen LogP contribution in [0.3, 0.4) is 0 Å². The average molecular weight is 518 g/mol. The van der Waals surface area contributed by atoms with Crippen molar-refractivity contribution >= 4 is 17.6 Å². The molecule has 198 valence electrons. The number of methoxy groups -OCH3 is 1. The maximum Gasteiger partial charge on any atom is 0.257 e. The zero-order chi connectivity index (χ0) is 26.5. The van der Waals surface area contributed by atoms with Crippen LogP contribution in [0.25, 0.3) is 11.3 Å². The van der Waals surface area contributed by atoms with Gasteiger partial charge in [0.05, 0.1) is 18.4 Å². The lowest BCUT2D eigenvalue weighted by Gasteiger charge is -2.27. The Balaban J connectivity index is 1.21. The van der Waals surface area contributed by atoms with Crippen molar-refractivity contribution < 1.29 is 18.7 Å². The number of benzene rings is 2. The molecule has 9 heteroatoms. The Hall–Kier alpha value is -4.01. The van der Waals surface area contributed by atoms with Crippen molar-refractivity contribution in [3.05, 3.63) is 72.0 Å². The van der Waals surface area contributed by atoms with Crippen LogP contribution in [0, 0.1) is 11.7 Å². The lowest BCUT2D eigenvalue weighted by atomic mass is 10.1. The summed E-state index contributed by atoms with van der Waals surface area (Å²) in [6, 6.07) is 17.5. The van der Waals surface area contributed by atoms with Gasteiger partial charge in [-0.15, -0.1) is 10.2 Å². The summed E-state index contributed by atoms with van der Waals surface area (Å²) in [6.07, 6.45) is 2.84. The van der Waals surface area contributed by atoms with Crippen LogP contribution in [0.1, 0.15) is 29.6 Å². The fourth-order valence-corrected chi connectivity index (χ4v) is 4.73. The normalized spacial score (nSPS) is 15.6. The van der Waals surface area contributed by atoms with Crippen molar-refractivity contribution in [1.29, 1.82) is 0 Å². The van der Waals surface area contributed by atoms with Gasteiger partial charge in [0.15, 0.2) is 5.82 Å². The minimum Gasteiger partial charge on any atom is -0.497 e. The number of amides is 2. The predicted molar refractivity (Wildman–Crippen MR) is 142 cm³/mol. The molecule has 1 aromatic heterocycles. The fourth-order valence-electron chi connectivity index (χ4n) is 4.73. The number of ether oxygens (including phenoxy) is 1. The van der Waals surface area contributed by atoms with Gasteiger partial charge in [-0.1, -0.05) is 24.3 Å². The second-order valence-electron chi connectivity index (χ2n) is 9.84. The van der Waals surface area contributed by atoms with E-state index in [2.05, 4.69) is 15.1 Å². The molecule has 3 aromatic rings. The summed E-state index contributed by atoms with van der Waals surface area (Å²) in [4.78, 5) is 31.8. The number of halogens is 1. The molecule has 1 aliphatic heterocycles. The van der Waals surface area contributed by atoms with Gasteiger partial charge in [-0.3, -0.25) is 9.59 Å². The molecule has 8 nitrogen and oxygen atoms in total. The standard InChI is InChI=1S/C29H32FN5O3/c1-38-23-7-4-6-22(18-23)26-12-13-27(32-31-26)33-14-5-15-34(17-16-33)28(36)20-35(19-21-10-11-21)29(37)24-8-2-3-9-25(24)30/h2-4,6-9,12-13,18,21H,5,10-11,14-17,19-20H2,1H3. The highest BCUT2D eigenvalue weighted by atomic mass is 19.1. The van der Waals surface area contributed by atoms with Crippen molar-refractivity contribution in [3.63, 3.8) is 0 Å². The van der Waals surface area contributed by atoms with E-state index in [0.717, 1.165) is 48.6 Å². The largest absolute Gasteiger partial charge is 0.497 e. The SMILES string of the molecule is COc1cccc(-c2ccc(N3CCCN(C(=O)CN(CC4CC4)C(=O)c4ccccc4F)CC3)nn2)c1. The number of anilines is 1. The van der Waals surface area contributed by atoms with E-state index in [1.807, 2.05) is 36.4 Å². The number of aromatic nitrogens is 2. The first-order chi connectivity index (χ1) is 18.5. The summed E-state index contributed by atoms with van der Waals surface area (Å²) in [5, 5.41) is 8.85. The molecular formula is C29H32FN5O3. The minimum absolute atomic E-state index is 0.0129. The van der Waals surface area contributed by atoms with E-state index < -0.39 is 11.7 Å². The van der Waals surface area contributed by atoms with Gasteiger partial charge < -0.3 is 19.4 Å². The van der Waals surface area contributed by atoms with E-state index in [-0.39, 0.29) is 18.0 Å². The lowest BCUT2D eigenvalue weighted by molar-refractivity contribution is -0.131. The van der Waals surface area contributed by atoms with Crippen LogP contribution in [0.2, 0.25) is 0 Å². The van der Waals surface area contributed by atoms with Gasteiger partial charge in [0.1, 0.15) is 18.1 Å². The average Bonchev–Trinajstić information content (AvgIpc) is 3.79. The molecule has 0 radical (unpaired) electrons. The second kappa shape index (κ2) is 11.6. The van der Waals surface area contributed by atoms with E-state index in [1.165, 1.54) is 17.0 Å². The van der Waals surface area contributed by atoms with Crippen molar-refractivity contribution in [2.45, 2.75) is 19.3 Å². The van der Waals surface area contributed by atoms with Crippen LogP contribution in [0.15, 0.2) is 60.7 Å². The summed E-state index contributed by atoms with van der Waals surface area (Å²) < 4.78 is 19.6. The first kappa shape index (κ1) is 25.6. The molecule has 0 N–H and O–H groups in total. The van der Waals surface area contributed by atoms with E-state index in [9.17, 15) is 14.0 Å². The molecule has 5 rings (SSSR count). The molecule has 2 heterocycles. The summed E-state index contributed by atoms with van der Waals surface area (Å²) >= 11 is 0. The van der Waals surface area contributed by atoms with Crippen LogP contribution in [0.5, 0.6) is 5.75 Å². The molecule has 2 fully saturated rings. The zero-order valence-corrected chi connectivity index (χ0v) is 21.6. The highest BCUT2D eigenvalue weighted by molar-refractivity contribution is 5.96. The van der Waals surface area contributed by atoms with E-state index in [4.69, 9.17) is 4.74 Å². The Morgan fingerprint density at radius 3 is 2.58 bits per heavy atom. The van der Waals surface area contributed by atoms with Gasteiger partial charge in [0.2, 0.25) is 5.91 Å². The number of nitrogens with zero attached hydrogens (tertiary/aromatic N) is 5. The van der Waals surface area contributed by atoms with Crippen LogP contribution in [-0.2, 0) is 4.79 Å². The molecular weight excluding hydrogens is 485 g/mol. The number of carbonyl (C=O) groups excluding carboxylic acids is 2. The third-order valence-electron chi connectivity index (χ3n) is 7.08. The van der Waals surface area contributed by atoms with Gasteiger partial charge in [-0.05, 0) is 61.6 Å². The first-order valence-electron chi connectivity index (χ1n) is 13.1. The third-order valence-corrected chi connectivity index (χ3v) is 7.08. The Labute approximate surface area is 222 Å². The summed E-state index contributed by atoms with van der Waals surface area (Å²) in [5.41, 5.74) is 1.70. The molecule has 0 spiro atoms. The quantitative estimate of drug-likeness (QED) is 0.451. The summed E-state index contributed by atoms with van der Waals surface area (Å²) in [5.74, 6) is 0.808. The maximum atomic E-state index is 14.3. The predicted octanol–water partition coefficient (Wildman–Crippen LogP) is 3.88.